The van der Waals surface area contributed by atoms with Gasteiger partial charge in [-0.25, -0.2) is 0 Å². The molecule has 6 heteroatoms. The quantitative estimate of drug-likeness (QED) is 0.617. The van der Waals surface area contributed by atoms with E-state index in [0.717, 1.165) is 6.42 Å². The van der Waals surface area contributed by atoms with Gasteiger partial charge in [-0.2, -0.15) is 0 Å². The van der Waals surface area contributed by atoms with Crippen LogP contribution in [0, 0.1) is 16.0 Å². The number of hydrogen-bond donors (Lipinski definition) is 2. The van der Waals surface area contributed by atoms with Gasteiger partial charge in [0.15, 0.2) is 5.75 Å². The van der Waals surface area contributed by atoms with Crippen LogP contribution in [0.3, 0.4) is 0 Å². The summed E-state index contributed by atoms with van der Waals surface area (Å²) < 4.78 is 4.94. The summed E-state index contributed by atoms with van der Waals surface area (Å²) in [7, 11) is 1.36. The Bertz CT molecular complexity index is 471. The lowest BCUT2D eigenvalue weighted by Gasteiger charge is -2.13. The van der Waals surface area contributed by atoms with E-state index in [0.29, 0.717) is 11.5 Å². The lowest BCUT2D eigenvalue weighted by atomic mass is 10.0. The molecule has 1 aliphatic rings. The van der Waals surface area contributed by atoms with E-state index >= 15 is 0 Å². The predicted octanol–water partition coefficient (Wildman–Crippen LogP) is 2.11. The molecule has 18 heavy (non-hydrogen) atoms. The normalized spacial score (nSPS) is 16.3. The van der Waals surface area contributed by atoms with E-state index in [4.69, 9.17) is 10.5 Å². The van der Waals surface area contributed by atoms with Crippen LogP contribution in [-0.2, 0) is 0 Å². The Hall–Kier alpha value is -1.82. The number of nitrogens with two attached hydrogens (primary N) is 1. The minimum absolute atomic E-state index is 0.0884. The van der Waals surface area contributed by atoms with Crippen molar-refractivity contribution in [1.82, 2.24) is 0 Å². The average Bonchev–Trinajstić information content (AvgIpc) is 3.12. The van der Waals surface area contributed by atoms with Crippen LogP contribution >= 0.6 is 0 Å². The van der Waals surface area contributed by atoms with E-state index in [1.165, 1.54) is 26.0 Å². The Balaban J connectivity index is 2.34. The first kappa shape index (κ1) is 12.6. The maximum absolute atomic E-state index is 10.8. The molecule has 0 saturated heterocycles. The number of phenols is 1. The van der Waals surface area contributed by atoms with Gasteiger partial charge in [0.1, 0.15) is 0 Å². The maximum atomic E-state index is 10.8. The van der Waals surface area contributed by atoms with Crippen molar-refractivity contribution in [3.8, 4) is 11.5 Å². The van der Waals surface area contributed by atoms with E-state index in [1.54, 1.807) is 6.07 Å². The summed E-state index contributed by atoms with van der Waals surface area (Å²) >= 11 is 0. The van der Waals surface area contributed by atoms with Gasteiger partial charge in [0, 0.05) is 12.1 Å². The number of nitro groups is 1. The molecule has 0 amide bonds. The second-order valence-electron chi connectivity index (χ2n) is 4.63. The van der Waals surface area contributed by atoms with E-state index in [2.05, 4.69) is 0 Å². The predicted molar refractivity (Wildman–Crippen MR) is 65.6 cm³/mol. The Morgan fingerprint density at radius 1 is 1.61 bits per heavy atom. The molecule has 1 fully saturated rings. The molecule has 0 unspecified atom stereocenters. The molecular formula is C12H16N2O4. The fourth-order valence-electron chi connectivity index (χ4n) is 1.97. The number of phenolic OH excluding ortho intramolecular Hbond substituents is 1. The highest BCUT2D eigenvalue weighted by Crippen LogP contribution is 2.41. The van der Waals surface area contributed by atoms with Gasteiger partial charge in [0.05, 0.1) is 12.0 Å². The zero-order valence-electron chi connectivity index (χ0n) is 10.1. The molecule has 0 aliphatic heterocycles. The van der Waals surface area contributed by atoms with Crippen molar-refractivity contribution in [3.63, 3.8) is 0 Å². The van der Waals surface area contributed by atoms with E-state index in [9.17, 15) is 15.2 Å². The van der Waals surface area contributed by atoms with Crippen molar-refractivity contribution >= 4 is 5.69 Å². The van der Waals surface area contributed by atoms with Crippen LogP contribution in [-0.4, -0.2) is 17.1 Å². The first-order chi connectivity index (χ1) is 8.52. The van der Waals surface area contributed by atoms with Crippen LogP contribution in [0.2, 0.25) is 0 Å². The Morgan fingerprint density at radius 2 is 2.28 bits per heavy atom. The summed E-state index contributed by atoms with van der Waals surface area (Å²) in [6, 6.07) is 2.63. The zero-order chi connectivity index (χ0) is 13.3. The summed E-state index contributed by atoms with van der Waals surface area (Å²) in [6.07, 6.45) is 3.15. The van der Waals surface area contributed by atoms with Crippen LogP contribution < -0.4 is 10.5 Å². The third-order valence-corrected chi connectivity index (χ3v) is 3.21. The lowest BCUT2D eigenvalue weighted by molar-refractivity contribution is -0.386. The third kappa shape index (κ3) is 2.53. The lowest BCUT2D eigenvalue weighted by Crippen LogP contribution is -2.11. The highest BCUT2D eigenvalue weighted by molar-refractivity contribution is 5.57. The van der Waals surface area contributed by atoms with Crippen molar-refractivity contribution in [2.24, 2.45) is 11.7 Å². The van der Waals surface area contributed by atoms with Crippen LogP contribution in [0.4, 0.5) is 5.69 Å². The molecule has 1 aromatic carbocycles. The molecule has 0 aromatic heterocycles. The minimum atomic E-state index is -0.634. The first-order valence-electron chi connectivity index (χ1n) is 5.83. The molecule has 0 bridgehead atoms. The number of aromatic hydroxyl groups is 1. The second-order valence-corrected chi connectivity index (χ2v) is 4.63. The number of benzene rings is 1. The van der Waals surface area contributed by atoms with Crippen molar-refractivity contribution in [3.05, 3.63) is 27.8 Å². The smallest absolute Gasteiger partial charge is 0.314 e. The number of ether oxygens (including phenoxy) is 1. The highest BCUT2D eigenvalue weighted by Gasteiger charge is 2.27. The molecule has 0 heterocycles. The van der Waals surface area contributed by atoms with Crippen LogP contribution in [0.15, 0.2) is 12.1 Å². The van der Waals surface area contributed by atoms with E-state index < -0.39 is 10.7 Å². The van der Waals surface area contributed by atoms with Crippen LogP contribution in [0.25, 0.3) is 0 Å². The third-order valence-electron chi connectivity index (χ3n) is 3.21. The van der Waals surface area contributed by atoms with Crippen molar-refractivity contribution in [1.29, 1.82) is 0 Å². The summed E-state index contributed by atoms with van der Waals surface area (Å²) in [5, 5.41) is 20.5. The standard InChI is InChI=1S/C12H16N2O4/c1-18-11-6-8(9(13)4-7-2-3-7)5-10(12(11)15)14(16)17/h5-7,9,15H,2-4,13H2,1H3/t9-/m0/s1. The number of hydrogen-bond acceptors (Lipinski definition) is 5. The van der Waals surface area contributed by atoms with Gasteiger partial charge in [-0.05, 0) is 24.0 Å². The zero-order valence-corrected chi connectivity index (χ0v) is 10.1. The molecular weight excluding hydrogens is 236 g/mol. The van der Waals surface area contributed by atoms with Gasteiger partial charge in [-0.1, -0.05) is 12.8 Å². The van der Waals surface area contributed by atoms with Crippen molar-refractivity contribution < 1.29 is 14.8 Å². The SMILES string of the molecule is COc1cc([C@@H](N)CC2CC2)cc([N+](=O)[O-])c1O. The fourth-order valence-corrected chi connectivity index (χ4v) is 1.97. The Kier molecular flexibility index (Phi) is 3.38. The molecule has 6 nitrogen and oxygen atoms in total. The molecule has 1 atom stereocenters. The van der Waals surface area contributed by atoms with Gasteiger partial charge in [0.25, 0.3) is 0 Å². The summed E-state index contributed by atoms with van der Waals surface area (Å²) in [5.74, 6) is 0.258. The molecule has 2 rings (SSSR count). The largest absolute Gasteiger partial charge is 0.500 e. The highest BCUT2D eigenvalue weighted by atomic mass is 16.6. The number of methoxy groups -OCH3 is 1. The summed E-state index contributed by atoms with van der Waals surface area (Å²) in [4.78, 5) is 10.2. The molecule has 0 radical (unpaired) electrons. The summed E-state index contributed by atoms with van der Waals surface area (Å²) in [5.41, 5.74) is 6.28. The summed E-state index contributed by atoms with van der Waals surface area (Å²) in [6.45, 7) is 0. The Morgan fingerprint density at radius 3 is 2.78 bits per heavy atom. The molecule has 1 aliphatic carbocycles. The molecule has 3 N–H and O–H groups in total. The number of nitrogens with zero attached hydrogens (tertiary/aromatic N) is 1. The van der Waals surface area contributed by atoms with E-state index in [-0.39, 0.29) is 17.5 Å². The Labute approximate surface area is 105 Å². The van der Waals surface area contributed by atoms with Gasteiger partial charge < -0.3 is 15.6 Å². The van der Waals surface area contributed by atoms with E-state index in [1.807, 2.05) is 0 Å². The molecule has 1 saturated carbocycles. The molecule has 1 aromatic rings. The number of nitro benzene ring substituents is 1. The van der Waals surface area contributed by atoms with Crippen LogP contribution in [0.5, 0.6) is 11.5 Å². The average molecular weight is 252 g/mol. The van der Waals surface area contributed by atoms with Crippen LogP contribution in [0.1, 0.15) is 30.9 Å². The fraction of sp³-hybridized carbons (Fsp3) is 0.500. The van der Waals surface area contributed by atoms with Gasteiger partial charge in [0.2, 0.25) is 5.75 Å². The van der Waals surface area contributed by atoms with Crippen molar-refractivity contribution in [2.45, 2.75) is 25.3 Å². The number of rotatable bonds is 5. The van der Waals surface area contributed by atoms with Gasteiger partial charge in [-0.3, -0.25) is 10.1 Å². The van der Waals surface area contributed by atoms with Gasteiger partial charge >= 0.3 is 5.69 Å². The molecule has 98 valence electrons. The first-order valence-corrected chi connectivity index (χ1v) is 5.83. The monoisotopic (exact) mass is 252 g/mol. The maximum Gasteiger partial charge on any atom is 0.314 e. The van der Waals surface area contributed by atoms with Gasteiger partial charge in [-0.15, -0.1) is 0 Å². The second kappa shape index (κ2) is 4.81. The molecule has 0 spiro atoms. The van der Waals surface area contributed by atoms with Crippen molar-refractivity contribution in [2.75, 3.05) is 7.11 Å². The minimum Gasteiger partial charge on any atom is -0.500 e. The topological polar surface area (TPSA) is 98.6 Å².